The molecule has 2 aromatic rings. The van der Waals surface area contributed by atoms with Crippen molar-refractivity contribution in [2.45, 2.75) is 52.1 Å². The van der Waals surface area contributed by atoms with E-state index in [0.717, 1.165) is 5.56 Å². The first-order valence-electron chi connectivity index (χ1n) is 14.5. The second kappa shape index (κ2) is 13.9. The van der Waals surface area contributed by atoms with Crippen LogP contribution >= 0.6 is 0 Å². The zero-order valence-electron chi connectivity index (χ0n) is 25.5. The number of fused-ring (bicyclic) bond motifs is 1. The Labute approximate surface area is 255 Å². The molecule has 0 aliphatic carbocycles. The predicted octanol–water partition coefficient (Wildman–Crippen LogP) is 1.78. The van der Waals surface area contributed by atoms with Crippen molar-refractivity contribution in [3.8, 4) is 5.75 Å². The highest BCUT2D eigenvalue weighted by Gasteiger charge is 2.37. The lowest BCUT2D eigenvalue weighted by Gasteiger charge is -2.35. The molecule has 1 aromatic heterocycles. The Bertz CT molecular complexity index is 1420. The molecule has 2 aliphatic heterocycles. The average molecular weight is 614 g/mol. The van der Waals surface area contributed by atoms with Crippen molar-refractivity contribution in [1.82, 2.24) is 25.0 Å². The first-order valence-corrected chi connectivity index (χ1v) is 14.5. The Morgan fingerprint density at radius 3 is 2.43 bits per heavy atom. The number of pyridine rings is 1. The third kappa shape index (κ3) is 7.73. The summed E-state index contributed by atoms with van der Waals surface area (Å²) in [4.78, 5) is 72.3. The third-order valence-electron chi connectivity index (χ3n) is 7.59. The van der Waals surface area contributed by atoms with E-state index in [0.29, 0.717) is 17.5 Å². The molecule has 0 spiro atoms. The molecule has 1 atom stereocenters. The zero-order valence-corrected chi connectivity index (χ0v) is 25.5. The molecule has 14 nitrogen and oxygen atoms in total. The van der Waals surface area contributed by atoms with E-state index < -0.39 is 35.5 Å². The second-order valence-corrected chi connectivity index (χ2v) is 11.4. The normalized spacial score (nSPS) is 16.9. The maximum Gasteiger partial charge on any atom is 0.409 e. The molecule has 2 aliphatic rings. The number of aliphatic carboxylic acids is 1. The molecule has 0 radical (unpaired) electrons. The Morgan fingerprint density at radius 2 is 1.80 bits per heavy atom. The second-order valence-electron chi connectivity index (χ2n) is 11.4. The molecular weight excluding hydrogens is 574 g/mol. The van der Waals surface area contributed by atoms with Gasteiger partial charge in [0.2, 0.25) is 5.91 Å². The van der Waals surface area contributed by atoms with Gasteiger partial charge in [-0.3, -0.25) is 19.2 Å². The number of hydrogen-bond donors (Lipinski definition) is 2. The summed E-state index contributed by atoms with van der Waals surface area (Å²) in [7, 11) is 0. The van der Waals surface area contributed by atoms with Crippen LogP contribution in [0.3, 0.4) is 0 Å². The van der Waals surface area contributed by atoms with Gasteiger partial charge in [0.05, 0.1) is 24.3 Å². The first kappa shape index (κ1) is 32.5. The van der Waals surface area contributed by atoms with Crippen molar-refractivity contribution in [2.24, 2.45) is 0 Å². The Kier molecular flexibility index (Phi) is 10.2. The number of carbonyl (C=O) groups excluding carboxylic acids is 4. The number of amides is 4. The SMILES string of the molecule is CCOC(=O)N1CCN(C(=O)[C@H](CCC(=O)O)NC(=O)c2cc(OCC(=O)N3COCC3(C)C)c3ccc(C)cc3n2)CC1. The topological polar surface area (TPSA) is 168 Å². The number of rotatable bonds is 10. The summed E-state index contributed by atoms with van der Waals surface area (Å²) in [6.45, 7) is 8.77. The summed E-state index contributed by atoms with van der Waals surface area (Å²) in [6, 6.07) is 5.68. The molecule has 4 amide bonds. The van der Waals surface area contributed by atoms with Gasteiger partial charge in [-0.15, -0.1) is 0 Å². The Balaban J connectivity index is 1.52. The zero-order chi connectivity index (χ0) is 32.0. The summed E-state index contributed by atoms with van der Waals surface area (Å²) < 4.78 is 16.4. The summed E-state index contributed by atoms with van der Waals surface area (Å²) in [6.07, 6.45) is -0.960. The number of piperazine rings is 1. The molecular formula is C30H39N5O9. The summed E-state index contributed by atoms with van der Waals surface area (Å²) >= 11 is 0. The van der Waals surface area contributed by atoms with Gasteiger partial charge in [-0.2, -0.15) is 0 Å². The van der Waals surface area contributed by atoms with Gasteiger partial charge in [-0.05, 0) is 51.8 Å². The van der Waals surface area contributed by atoms with Gasteiger partial charge in [0.1, 0.15) is 24.2 Å². The first-order chi connectivity index (χ1) is 20.9. The molecule has 2 saturated heterocycles. The molecule has 0 unspecified atom stereocenters. The number of benzene rings is 1. The fraction of sp³-hybridized carbons (Fsp3) is 0.533. The summed E-state index contributed by atoms with van der Waals surface area (Å²) in [5, 5.41) is 12.5. The Morgan fingerprint density at radius 1 is 1.09 bits per heavy atom. The maximum absolute atomic E-state index is 13.5. The minimum absolute atomic E-state index is 0.0596. The molecule has 4 rings (SSSR count). The molecule has 0 saturated carbocycles. The number of carbonyl (C=O) groups is 5. The van der Waals surface area contributed by atoms with Crippen LogP contribution in [-0.2, 0) is 23.9 Å². The third-order valence-corrected chi connectivity index (χ3v) is 7.59. The van der Waals surface area contributed by atoms with Crippen molar-refractivity contribution >= 4 is 40.7 Å². The molecule has 1 aromatic carbocycles. The van der Waals surface area contributed by atoms with Crippen LogP contribution in [0.2, 0.25) is 0 Å². The highest BCUT2D eigenvalue weighted by Crippen LogP contribution is 2.28. The number of nitrogens with zero attached hydrogens (tertiary/aromatic N) is 4. The molecule has 2 fully saturated rings. The number of aryl methyl sites for hydroxylation is 1. The van der Waals surface area contributed by atoms with Gasteiger partial charge >= 0.3 is 12.1 Å². The predicted molar refractivity (Wildman–Crippen MR) is 157 cm³/mol. The van der Waals surface area contributed by atoms with E-state index in [-0.39, 0.29) is 76.3 Å². The van der Waals surface area contributed by atoms with Gasteiger partial charge in [0, 0.05) is 44.1 Å². The molecule has 3 heterocycles. The van der Waals surface area contributed by atoms with Crippen molar-refractivity contribution in [3.05, 3.63) is 35.5 Å². The van der Waals surface area contributed by atoms with Crippen LogP contribution in [0.4, 0.5) is 4.79 Å². The molecule has 14 heteroatoms. The summed E-state index contributed by atoms with van der Waals surface area (Å²) in [5.74, 6) is -2.30. The smallest absolute Gasteiger partial charge is 0.409 e. The standard InChI is InChI=1S/C30H39N5O9/c1-5-43-29(41)34-12-10-33(11-13-34)28(40)21(8-9-26(37)38)32-27(39)23-15-24(20-7-6-19(2)14-22(20)31-23)44-16-25(36)35-18-42-17-30(35,3)4/h6-7,14-15,21H,5,8-13,16-18H2,1-4H3,(H,32,39)(H,37,38)/t21-/m0/s1. The number of hydrogen-bond acceptors (Lipinski definition) is 9. The summed E-state index contributed by atoms with van der Waals surface area (Å²) in [5.41, 5.74) is 0.799. The Hall–Kier alpha value is -4.46. The number of aromatic nitrogens is 1. The van der Waals surface area contributed by atoms with E-state index in [9.17, 15) is 29.1 Å². The lowest BCUT2D eigenvalue weighted by Crippen LogP contribution is -2.56. The molecule has 44 heavy (non-hydrogen) atoms. The highest BCUT2D eigenvalue weighted by atomic mass is 16.6. The lowest BCUT2D eigenvalue weighted by atomic mass is 10.1. The molecule has 0 bridgehead atoms. The lowest BCUT2D eigenvalue weighted by molar-refractivity contribution is -0.139. The van der Waals surface area contributed by atoms with Crippen molar-refractivity contribution < 1.29 is 43.3 Å². The molecule has 238 valence electrons. The largest absolute Gasteiger partial charge is 0.483 e. The van der Waals surface area contributed by atoms with Crippen LogP contribution in [0, 0.1) is 6.92 Å². The number of ether oxygens (including phenoxy) is 3. The van der Waals surface area contributed by atoms with E-state index in [4.69, 9.17) is 14.2 Å². The maximum atomic E-state index is 13.5. The van der Waals surface area contributed by atoms with Crippen LogP contribution < -0.4 is 10.1 Å². The number of nitrogens with one attached hydrogen (secondary N) is 1. The van der Waals surface area contributed by atoms with Gasteiger partial charge in [0.15, 0.2) is 6.61 Å². The molecule has 2 N–H and O–H groups in total. The quantitative estimate of drug-likeness (QED) is 0.403. The van der Waals surface area contributed by atoms with E-state index in [1.54, 1.807) is 24.0 Å². The van der Waals surface area contributed by atoms with Crippen LogP contribution in [0.5, 0.6) is 5.75 Å². The van der Waals surface area contributed by atoms with Crippen LogP contribution in [0.1, 0.15) is 49.7 Å². The fourth-order valence-corrected chi connectivity index (χ4v) is 5.11. The van der Waals surface area contributed by atoms with Crippen LogP contribution in [0.25, 0.3) is 10.9 Å². The fourth-order valence-electron chi connectivity index (χ4n) is 5.11. The number of carboxylic acids is 1. The van der Waals surface area contributed by atoms with Gasteiger partial charge in [-0.25, -0.2) is 9.78 Å². The number of carboxylic acid groups (broad SMARTS) is 1. The van der Waals surface area contributed by atoms with E-state index in [1.807, 2.05) is 26.8 Å². The van der Waals surface area contributed by atoms with Crippen molar-refractivity contribution in [3.63, 3.8) is 0 Å². The van der Waals surface area contributed by atoms with Gasteiger partial charge in [-0.1, -0.05) is 6.07 Å². The minimum atomic E-state index is -1.15. The van der Waals surface area contributed by atoms with Crippen LogP contribution in [-0.4, -0.2) is 119 Å². The van der Waals surface area contributed by atoms with E-state index in [2.05, 4.69) is 10.3 Å². The monoisotopic (exact) mass is 613 g/mol. The van der Waals surface area contributed by atoms with Crippen molar-refractivity contribution in [2.75, 3.05) is 52.7 Å². The minimum Gasteiger partial charge on any atom is -0.483 e. The van der Waals surface area contributed by atoms with Crippen LogP contribution in [0.15, 0.2) is 24.3 Å². The van der Waals surface area contributed by atoms with Crippen molar-refractivity contribution in [1.29, 1.82) is 0 Å². The average Bonchev–Trinajstić information content (AvgIpc) is 3.35. The van der Waals surface area contributed by atoms with E-state index >= 15 is 0 Å². The van der Waals surface area contributed by atoms with Gasteiger partial charge in [0.25, 0.3) is 11.8 Å². The highest BCUT2D eigenvalue weighted by molar-refractivity contribution is 5.99. The van der Waals surface area contributed by atoms with E-state index in [1.165, 1.54) is 15.9 Å². The van der Waals surface area contributed by atoms with Gasteiger partial charge < -0.3 is 39.3 Å².